The summed E-state index contributed by atoms with van der Waals surface area (Å²) in [4.78, 5) is 37.5. The molecule has 36 heavy (non-hydrogen) atoms. The molecule has 1 spiro atoms. The van der Waals surface area contributed by atoms with Gasteiger partial charge in [0, 0.05) is 38.6 Å². The summed E-state index contributed by atoms with van der Waals surface area (Å²) in [7, 11) is 0. The van der Waals surface area contributed by atoms with E-state index >= 15 is 0 Å². The van der Waals surface area contributed by atoms with E-state index in [-0.39, 0.29) is 18.5 Å². The Labute approximate surface area is 216 Å². The molecule has 2 aliphatic heterocycles. The van der Waals surface area contributed by atoms with Gasteiger partial charge in [-0.15, -0.1) is 0 Å². The fourth-order valence-corrected chi connectivity index (χ4v) is 5.57. The summed E-state index contributed by atoms with van der Waals surface area (Å²) in [5, 5.41) is 0. The number of amides is 3. The summed E-state index contributed by atoms with van der Waals surface area (Å²) in [5.41, 5.74) is 2.69. The van der Waals surface area contributed by atoms with Crippen LogP contribution in [0.2, 0.25) is 0 Å². The van der Waals surface area contributed by atoms with E-state index in [0.717, 1.165) is 38.0 Å². The third-order valence-electron chi connectivity index (χ3n) is 7.62. The summed E-state index contributed by atoms with van der Waals surface area (Å²) >= 11 is 0. The minimum atomic E-state index is -0.740. The summed E-state index contributed by atoms with van der Waals surface area (Å²) in [5.74, 6) is 0.562. The van der Waals surface area contributed by atoms with Crippen molar-refractivity contribution < 1.29 is 9.59 Å². The lowest BCUT2D eigenvalue weighted by molar-refractivity contribution is -0.136. The van der Waals surface area contributed by atoms with Gasteiger partial charge in [0.2, 0.25) is 0 Å². The predicted molar refractivity (Wildman–Crippen MR) is 143 cm³/mol. The quantitative estimate of drug-likeness (QED) is 0.336. The first-order valence-corrected chi connectivity index (χ1v) is 13.3. The molecule has 1 atom stereocenters. The van der Waals surface area contributed by atoms with Crippen molar-refractivity contribution in [2.75, 3.05) is 26.2 Å². The van der Waals surface area contributed by atoms with Crippen molar-refractivity contribution in [1.82, 2.24) is 19.7 Å². The zero-order valence-electron chi connectivity index (χ0n) is 22.0. The average Bonchev–Trinajstić information content (AvgIpc) is 3.06. The highest BCUT2D eigenvalue weighted by molar-refractivity contribution is 6.07. The Balaban J connectivity index is 1.46. The molecule has 6 heteroatoms. The number of carbonyl (C=O) groups excluding carboxylic acids is 2. The third-order valence-corrected chi connectivity index (χ3v) is 7.62. The molecule has 2 fully saturated rings. The summed E-state index contributed by atoms with van der Waals surface area (Å²) < 4.78 is 0. The fraction of sp³-hybridized carbons (Fsp3) is 0.500. The van der Waals surface area contributed by atoms with Crippen LogP contribution in [0.3, 0.4) is 0 Å². The van der Waals surface area contributed by atoms with Gasteiger partial charge >= 0.3 is 6.03 Å². The molecule has 1 unspecified atom stereocenters. The molecule has 4 rings (SSSR count). The highest BCUT2D eigenvalue weighted by Crippen LogP contribution is 2.38. The SMILES string of the molecule is CC(C)=CCCC(C)CN1CCC2(CC1)C(=O)N(Cc1cccnc1)C(=O)N2CCc1ccccc1. The van der Waals surface area contributed by atoms with Gasteiger partial charge in [-0.05, 0) is 69.1 Å². The van der Waals surface area contributed by atoms with Crippen molar-refractivity contribution in [3.05, 3.63) is 77.6 Å². The molecule has 1 aromatic heterocycles. The Hall–Kier alpha value is -2.99. The topological polar surface area (TPSA) is 56.8 Å². The van der Waals surface area contributed by atoms with Crippen LogP contribution in [-0.2, 0) is 17.8 Å². The normalized spacial score (nSPS) is 18.6. The third kappa shape index (κ3) is 6.04. The number of hydrogen-bond donors (Lipinski definition) is 0. The second kappa shape index (κ2) is 11.8. The van der Waals surface area contributed by atoms with Crippen molar-refractivity contribution >= 4 is 11.9 Å². The van der Waals surface area contributed by atoms with Gasteiger partial charge in [-0.25, -0.2) is 4.79 Å². The van der Waals surface area contributed by atoms with Gasteiger partial charge in [0.1, 0.15) is 5.54 Å². The maximum Gasteiger partial charge on any atom is 0.328 e. The number of imide groups is 1. The Morgan fingerprint density at radius 3 is 2.44 bits per heavy atom. The Kier molecular flexibility index (Phi) is 8.57. The number of pyridine rings is 1. The summed E-state index contributed by atoms with van der Waals surface area (Å²) in [6.45, 7) is 10.2. The number of piperidine rings is 1. The number of benzene rings is 1. The lowest BCUT2D eigenvalue weighted by Crippen LogP contribution is -2.57. The molecule has 3 heterocycles. The number of urea groups is 1. The van der Waals surface area contributed by atoms with Crippen LogP contribution in [0.1, 0.15) is 57.6 Å². The monoisotopic (exact) mass is 488 g/mol. The molecule has 1 aromatic carbocycles. The first-order valence-electron chi connectivity index (χ1n) is 13.3. The molecule has 192 valence electrons. The molecule has 2 aromatic rings. The van der Waals surface area contributed by atoms with Crippen LogP contribution in [0.25, 0.3) is 0 Å². The molecule has 2 aliphatic rings. The van der Waals surface area contributed by atoms with E-state index in [1.165, 1.54) is 22.5 Å². The van der Waals surface area contributed by atoms with Crippen LogP contribution in [0.4, 0.5) is 4.79 Å². The van der Waals surface area contributed by atoms with E-state index in [4.69, 9.17) is 0 Å². The van der Waals surface area contributed by atoms with E-state index < -0.39 is 5.54 Å². The lowest BCUT2D eigenvalue weighted by Gasteiger charge is -2.43. The Bertz CT molecular complexity index is 1040. The Morgan fingerprint density at radius 2 is 1.78 bits per heavy atom. The van der Waals surface area contributed by atoms with Crippen molar-refractivity contribution in [2.24, 2.45) is 5.92 Å². The predicted octanol–water partition coefficient (Wildman–Crippen LogP) is 5.31. The molecule has 0 saturated carbocycles. The number of rotatable bonds is 10. The molecule has 6 nitrogen and oxygen atoms in total. The molecular weight excluding hydrogens is 448 g/mol. The first-order chi connectivity index (χ1) is 17.4. The van der Waals surface area contributed by atoms with Gasteiger partial charge in [-0.1, -0.05) is 55.0 Å². The standard InChI is InChI=1S/C30H40N4O2/c1-24(2)9-7-10-25(3)22-32-19-15-30(16-20-32)28(35)33(23-27-13-8-17-31-21-27)29(36)34(30)18-14-26-11-5-4-6-12-26/h4-6,8-9,11-13,17,21,25H,7,10,14-16,18-20,22-23H2,1-3H3. The number of likely N-dealkylation sites (tertiary alicyclic amines) is 1. The van der Waals surface area contributed by atoms with Crippen molar-refractivity contribution in [1.29, 1.82) is 0 Å². The Morgan fingerprint density at radius 1 is 1.06 bits per heavy atom. The number of carbonyl (C=O) groups is 2. The molecule has 2 saturated heterocycles. The average molecular weight is 489 g/mol. The zero-order chi connectivity index (χ0) is 25.5. The molecule has 3 amide bonds. The van der Waals surface area contributed by atoms with E-state index in [2.05, 4.69) is 48.9 Å². The van der Waals surface area contributed by atoms with Gasteiger partial charge in [0.05, 0.1) is 6.54 Å². The van der Waals surface area contributed by atoms with Crippen molar-refractivity contribution in [2.45, 2.75) is 65.0 Å². The van der Waals surface area contributed by atoms with Crippen LogP contribution in [-0.4, -0.2) is 63.3 Å². The molecule has 0 bridgehead atoms. The van der Waals surface area contributed by atoms with Crippen LogP contribution in [0, 0.1) is 5.92 Å². The van der Waals surface area contributed by atoms with E-state index in [1.807, 2.05) is 35.2 Å². The number of aromatic nitrogens is 1. The van der Waals surface area contributed by atoms with E-state index in [9.17, 15) is 9.59 Å². The minimum Gasteiger partial charge on any atom is -0.309 e. The maximum absolute atomic E-state index is 13.9. The molecule has 0 radical (unpaired) electrons. The molecule has 0 N–H and O–H groups in total. The first kappa shape index (κ1) is 26.1. The number of allylic oxidation sites excluding steroid dienone is 2. The smallest absolute Gasteiger partial charge is 0.309 e. The van der Waals surface area contributed by atoms with Crippen molar-refractivity contribution in [3.63, 3.8) is 0 Å². The lowest BCUT2D eigenvalue weighted by atomic mass is 9.85. The van der Waals surface area contributed by atoms with Gasteiger partial charge in [-0.3, -0.25) is 14.7 Å². The van der Waals surface area contributed by atoms with Crippen molar-refractivity contribution in [3.8, 4) is 0 Å². The number of nitrogens with zero attached hydrogens (tertiary/aromatic N) is 4. The van der Waals surface area contributed by atoms with Gasteiger partial charge in [-0.2, -0.15) is 0 Å². The fourth-order valence-electron chi connectivity index (χ4n) is 5.57. The zero-order valence-corrected chi connectivity index (χ0v) is 22.0. The van der Waals surface area contributed by atoms with Gasteiger partial charge in [0.15, 0.2) is 0 Å². The highest BCUT2D eigenvalue weighted by Gasteiger charge is 2.57. The molecule has 0 aliphatic carbocycles. The van der Waals surface area contributed by atoms with Crippen LogP contribution in [0.5, 0.6) is 0 Å². The van der Waals surface area contributed by atoms with Gasteiger partial charge < -0.3 is 9.80 Å². The maximum atomic E-state index is 13.9. The highest BCUT2D eigenvalue weighted by atomic mass is 16.2. The van der Waals surface area contributed by atoms with Crippen LogP contribution >= 0.6 is 0 Å². The second-order valence-electron chi connectivity index (χ2n) is 10.7. The largest absolute Gasteiger partial charge is 0.328 e. The number of hydrogen-bond acceptors (Lipinski definition) is 4. The minimum absolute atomic E-state index is 0.0410. The summed E-state index contributed by atoms with van der Waals surface area (Å²) in [6, 6.07) is 13.8. The molecular formula is C30H40N4O2. The van der Waals surface area contributed by atoms with Crippen LogP contribution < -0.4 is 0 Å². The van der Waals surface area contributed by atoms with E-state index in [0.29, 0.717) is 25.3 Å². The van der Waals surface area contributed by atoms with E-state index in [1.54, 1.807) is 12.4 Å². The second-order valence-corrected chi connectivity index (χ2v) is 10.7. The summed E-state index contributed by atoms with van der Waals surface area (Å²) in [6.07, 6.45) is 10.2. The van der Waals surface area contributed by atoms with Gasteiger partial charge in [0.25, 0.3) is 5.91 Å². The van der Waals surface area contributed by atoms with Crippen LogP contribution in [0.15, 0.2) is 66.5 Å².